The van der Waals surface area contributed by atoms with E-state index >= 15 is 0 Å². The van der Waals surface area contributed by atoms with E-state index in [9.17, 15) is 4.79 Å². The zero-order valence-electron chi connectivity index (χ0n) is 14.0. The maximum Gasteiger partial charge on any atom is 0.261 e. The number of ether oxygens (including phenoxy) is 1. The Morgan fingerprint density at radius 2 is 2.08 bits per heavy atom. The number of carbonyl (C=O) groups is 1. The minimum atomic E-state index is -0.0236. The van der Waals surface area contributed by atoms with Gasteiger partial charge in [-0.05, 0) is 36.4 Å². The van der Waals surface area contributed by atoms with Gasteiger partial charge < -0.3 is 14.2 Å². The number of likely N-dealkylation sites (tertiary alicyclic amines) is 1. The van der Waals surface area contributed by atoms with Crippen LogP contribution in [0.1, 0.15) is 34.9 Å². The topological polar surface area (TPSA) is 68.5 Å². The maximum absolute atomic E-state index is 12.3. The molecule has 3 heterocycles. The average Bonchev–Trinajstić information content (AvgIpc) is 3.12. The van der Waals surface area contributed by atoms with Crippen molar-refractivity contribution in [2.24, 2.45) is 0 Å². The van der Waals surface area contributed by atoms with E-state index in [2.05, 4.69) is 10.1 Å². The molecule has 2 fully saturated rings. The molecule has 0 atom stereocenters. The van der Waals surface area contributed by atoms with Gasteiger partial charge >= 0.3 is 0 Å². The smallest absolute Gasteiger partial charge is 0.261 e. The molecule has 0 spiro atoms. The van der Waals surface area contributed by atoms with Crippen LogP contribution in [0.4, 0.5) is 0 Å². The first-order valence-electron chi connectivity index (χ1n) is 8.69. The van der Waals surface area contributed by atoms with E-state index in [1.54, 1.807) is 4.90 Å². The fourth-order valence-electron chi connectivity index (χ4n) is 3.02. The molecule has 1 saturated carbocycles. The number of hydrogen-bond donors (Lipinski definition) is 0. The van der Waals surface area contributed by atoms with E-state index in [1.165, 1.54) is 11.3 Å². The van der Waals surface area contributed by atoms with E-state index in [0.29, 0.717) is 30.6 Å². The number of carbonyl (C=O) groups excluding carboxylic acids is 1. The van der Waals surface area contributed by atoms with Gasteiger partial charge in [-0.2, -0.15) is 16.3 Å². The zero-order chi connectivity index (χ0) is 17.5. The molecule has 5 rings (SSSR count). The average molecular weight is 367 g/mol. The van der Waals surface area contributed by atoms with Crippen molar-refractivity contribution in [1.29, 1.82) is 0 Å². The summed E-state index contributed by atoms with van der Waals surface area (Å²) in [6.07, 6.45) is 2.24. The molecule has 132 valence electrons. The van der Waals surface area contributed by atoms with Crippen molar-refractivity contribution >= 4 is 17.2 Å². The molecular formula is C19H17N3O3S. The van der Waals surface area contributed by atoms with Crippen LogP contribution < -0.4 is 4.74 Å². The number of aromatic nitrogens is 2. The van der Waals surface area contributed by atoms with Gasteiger partial charge in [-0.3, -0.25) is 4.79 Å². The Morgan fingerprint density at radius 1 is 1.23 bits per heavy atom. The number of hydrogen-bond acceptors (Lipinski definition) is 6. The predicted octanol–water partition coefficient (Wildman–Crippen LogP) is 3.58. The van der Waals surface area contributed by atoms with Crippen LogP contribution in [0.25, 0.3) is 11.5 Å². The first-order chi connectivity index (χ1) is 12.8. The van der Waals surface area contributed by atoms with Gasteiger partial charge in [0.05, 0.1) is 24.2 Å². The summed E-state index contributed by atoms with van der Waals surface area (Å²) in [5.74, 6) is 2.50. The summed E-state index contributed by atoms with van der Waals surface area (Å²) in [5, 5.41) is 7.87. The second-order valence-electron chi connectivity index (χ2n) is 6.69. The van der Waals surface area contributed by atoms with Crippen LogP contribution in [0, 0.1) is 0 Å². The Hall–Kier alpha value is -2.67. The fourth-order valence-corrected chi connectivity index (χ4v) is 3.65. The van der Waals surface area contributed by atoms with Gasteiger partial charge in [0.15, 0.2) is 5.82 Å². The van der Waals surface area contributed by atoms with Gasteiger partial charge in [0, 0.05) is 11.3 Å². The molecule has 0 N–H and O–H groups in total. The molecule has 2 aliphatic rings. The summed E-state index contributed by atoms with van der Waals surface area (Å²) < 4.78 is 11.5. The fraction of sp³-hybridized carbons (Fsp3) is 0.316. The van der Waals surface area contributed by atoms with Crippen molar-refractivity contribution in [2.45, 2.75) is 24.9 Å². The predicted molar refractivity (Wildman–Crippen MR) is 96.3 cm³/mol. The molecule has 1 aliphatic heterocycles. The van der Waals surface area contributed by atoms with E-state index in [1.807, 2.05) is 41.1 Å². The second-order valence-corrected chi connectivity index (χ2v) is 7.47. The molecule has 6 nitrogen and oxygen atoms in total. The Morgan fingerprint density at radius 3 is 2.85 bits per heavy atom. The Kier molecular flexibility index (Phi) is 3.74. The molecule has 1 amide bonds. The number of nitrogens with zero attached hydrogens (tertiary/aromatic N) is 3. The first-order valence-corrected chi connectivity index (χ1v) is 9.63. The van der Waals surface area contributed by atoms with Gasteiger partial charge in [-0.25, -0.2) is 0 Å². The number of rotatable bonds is 5. The summed E-state index contributed by atoms with van der Waals surface area (Å²) >= 11 is 1.53. The molecule has 3 aromatic rings. The van der Waals surface area contributed by atoms with Crippen LogP contribution in [-0.2, 0) is 0 Å². The molecule has 0 unspecified atom stereocenters. The molecule has 2 aromatic heterocycles. The lowest BCUT2D eigenvalue weighted by molar-refractivity contribution is 0.0180. The van der Waals surface area contributed by atoms with Crippen molar-refractivity contribution in [3.8, 4) is 17.2 Å². The molecule has 0 radical (unpaired) electrons. The monoisotopic (exact) mass is 367 g/mol. The van der Waals surface area contributed by atoms with Crippen molar-refractivity contribution in [3.63, 3.8) is 0 Å². The van der Waals surface area contributed by atoms with E-state index < -0.39 is 0 Å². The van der Waals surface area contributed by atoms with Crippen molar-refractivity contribution in [1.82, 2.24) is 15.0 Å². The van der Waals surface area contributed by atoms with Crippen LogP contribution in [-0.4, -0.2) is 40.1 Å². The highest BCUT2D eigenvalue weighted by Gasteiger charge is 2.34. The lowest BCUT2D eigenvalue weighted by Crippen LogP contribution is -2.56. The molecule has 1 aromatic carbocycles. The molecule has 26 heavy (non-hydrogen) atoms. The van der Waals surface area contributed by atoms with Crippen LogP contribution in [0.15, 0.2) is 45.6 Å². The standard InChI is InChI=1S/C19H17N3O3S/c23-19(13-7-8-26-11-13)22-9-14(10-22)24-16-4-2-1-3-15(16)18-20-17(21-25-18)12-5-6-12/h1-4,7-8,11-12,14H,5-6,9-10H2. The Bertz CT molecular complexity index is 927. The van der Waals surface area contributed by atoms with Gasteiger partial charge in [0.2, 0.25) is 0 Å². The number of thiophene rings is 1. The molecule has 0 bridgehead atoms. The van der Waals surface area contributed by atoms with Gasteiger partial charge in [-0.15, -0.1) is 0 Å². The quantitative estimate of drug-likeness (QED) is 0.689. The first kappa shape index (κ1) is 15.6. The van der Waals surface area contributed by atoms with Crippen molar-refractivity contribution in [3.05, 3.63) is 52.5 Å². The normalized spacial score (nSPS) is 17.2. The Labute approximate surface area is 154 Å². The van der Waals surface area contributed by atoms with E-state index in [-0.39, 0.29) is 12.0 Å². The second kappa shape index (κ2) is 6.25. The highest BCUT2D eigenvalue weighted by Crippen LogP contribution is 2.39. The molecule has 1 aliphatic carbocycles. The lowest BCUT2D eigenvalue weighted by atomic mass is 10.1. The lowest BCUT2D eigenvalue weighted by Gasteiger charge is -2.39. The maximum atomic E-state index is 12.3. The molecule has 7 heteroatoms. The highest BCUT2D eigenvalue weighted by molar-refractivity contribution is 7.08. The number of amides is 1. The van der Waals surface area contributed by atoms with E-state index in [4.69, 9.17) is 9.26 Å². The van der Waals surface area contributed by atoms with Crippen molar-refractivity contribution in [2.75, 3.05) is 13.1 Å². The van der Waals surface area contributed by atoms with Crippen LogP contribution >= 0.6 is 11.3 Å². The summed E-state index contributed by atoms with van der Waals surface area (Å²) in [7, 11) is 0. The summed E-state index contributed by atoms with van der Waals surface area (Å²) in [6.45, 7) is 1.17. The third-order valence-electron chi connectivity index (χ3n) is 4.70. The largest absolute Gasteiger partial charge is 0.486 e. The van der Waals surface area contributed by atoms with Gasteiger partial charge in [0.1, 0.15) is 11.9 Å². The minimum Gasteiger partial charge on any atom is -0.486 e. The van der Waals surface area contributed by atoms with Gasteiger partial charge in [0.25, 0.3) is 11.8 Å². The highest BCUT2D eigenvalue weighted by atomic mass is 32.1. The van der Waals surface area contributed by atoms with Crippen LogP contribution in [0.2, 0.25) is 0 Å². The zero-order valence-corrected chi connectivity index (χ0v) is 14.8. The summed E-state index contributed by atoms with van der Waals surface area (Å²) in [4.78, 5) is 18.6. The number of para-hydroxylation sites is 1. The molecule has 1 saturated heterocycles. The van der Waals surface area contributed by atoms with Crippen LogP contribution in [0.3, 0.4) is 0 Å². The van der Waals surface area contributed by atoms with Crippen LogP contribution in [0.5, 0.6) is 5.75 Å². The summed E-state index contributed by atoms with van der Waals surface area (Å²) in [5.41, 5.74) is 1.54. The summed E-state index contributed by atoms with van der Waals surface area (Å²) in [6, 6.07) is 9.52. The molecular weight excluding hydrogens is 350 g/mol. The SMILES string of the molecule is O=C(c1ccsc1)N1CC(Oc2ccccc2-c2nc(C3CC3)no2)C1. The van der Waals surface area contributed by atoms with Gasteiger partial charge in [-0.1, -0.05) is 17.3 Å². The van der Waals surface area contributed by atoms with E-state index in [0.717, 1.165) is 29.8 Å². The third kappa shape index (κ3) is 2.88. The minimum absolute atomic E-state index is 0.0236. The Balaban J connectivity index is 1.27. The van der Waals surface area contributed by atoms with Crippen molar-refractivity contribution < 1.29 is 14.1 Å². The third-order valence-corrected chi connectivity index (χ3v) is 5.38. The number of benzene rings is 1.